The fourth-order valence-electron chi connectivity index (χ4n) is 2.59. The average molecular weight is 396 g/mol. The number of nitrogens with two attached hydrogens (primary N) is 1. The highest BCUT2D eigenvalue weighted by Gasteiger charge is 2.30. The van der Waals surface area contributed by atoms with E-state index < -0.39 is 10.0 Å². The summed E-state index contributed by atoms with van der Waals surface area (Å²) in [7, 11) is -3.93. The van der Waals surface area contributed by atoms with E-state index in [2.05, 4.69) is 15.9 Å². The van der Waals surface area contributed by atoms with Crippen LogP contribution in [-0.2, 0) is 10.0 Å². The van der Waals surface area contributed by atoms with Crippen molar-refractivity contribution in [2.45, 2.75) is 37.1 Å². The lowest BCUT2D eigenvalue weighted by atomic mass is 10.1. The van der Waals surface area contributed by atoms with Gasteiger partial charge in [0, 0.05) is 17.1 Å². The largest absolute Gasteiger partial charge is 0.336 e. The Morgan fingerprint density at radius 1 is 1.52 bits per heavy atom. The minimum atomic E-state index is -3.93. The molecule has 1 aliphatic rings. The molecule has 1 unspecified atom stereocenters. The van der Waals surface area contributed by atoms with Crippen LogP contribution in [0.4, 0.5) is 0 Å². The highest BCUT2D eigenvalue weighted by Crippen LogP contribution is 2.31. The molecular formula is C13H16BrClN2O3S. The number of hydrogen-bond donors (Lipinski definition) is 1. The Hall–Kier alpha value is -0.630. The van der Waals surface area contributed by atoms with Crippen LogP contribution in [-0.4, -0.2) is 31.8 Å². The van der Waals surface area contributed by atoms with Crippen LogP contribution in [0.25, 0.3) is 0 Å². The number of sulfonamides is 1. The lowest BCUT2D eigenvalue weighted by molar-refractivity contribution is 0.0733. The molecule has 0 bridgehead atoms. The predicted molar refractivity (Wildman–Crippen MR) is 84.9 cm³/mol. The Morgan fingerprint density at radius 3 is 2.76 bits per heavy atom. The van der Waals surface area contributed by atoms with Gasteiger partial charge in [-0.2, -0.15) is 0 Å². The molecule has 1 atom stereocenters. The summed E-state index contributed by atoms with van der Waals surface area (Å²) in [5.74, 6) is -0.248. The van der Waals surface area contributed by atoms with E-state index in [0.717, 1.165) is 19.3 Å². The van der Waals surface area contributed by atoms with E-state index in [1.54, 1.807) is 4.90 Å². The number of rotatable bonds is 3. The van der Waals surface area contributed by atoms with E-state index >= 15 is 0 Å². The molecule has 1 saturated heterocycles. The van der Waals surface area contributed by atoms with Crippen molar-refractivity contribution in [2.75, 3.05) is 6.54 Å². The van der Waals surface area contributed by atoms with Crippen LogP contribution in [0, 0.1) is 0 Å². The number of primary sulfonamides is 1. The predicted octanol–water partition coefficient (Wildman–Crippen LogP) is 2.76. The Morgan fingerprint density at radius 2 is 2.19 bits per heavy atom. The summed E-state index contributed by atoms with van der Waals surface area (Å²) < 4.78 is 23.4. The van der Waals surface area contributed by atoms with Crippen molar-refractivity contribution >= 4 is 43.5 Å². The fourth-order valence-corrected chi connectivity index (χ4v) is 4.60. The quantitative estimate of drug-likeness (QED) is 0.854. The second kappa shape index (κ2) is 6.24. The molecule has 21 heavy (non-hydrogen) atoms. The van der Waals surface area contributed by atoms with Gasteiger partial charge in [0.15, 0.2) is 0 Å². The first-order valence-electron chi connectivity index (χ1n) is 6.58. The Bertz CT molecular complexity index is 678. The van der Waals surface area contributed by atoms with Gasteiger partial charge in [0.1, 0.15) is 0 Å². The molecule has 2 N–H and O–H groups in total. The third-order valence-corrected chi connectivity index (χ3v) is 5.85. The maximum absolute atomic E-state index is 12.6. The average Bonchev–Trinajstić information content (AvgIpc) is 2.84. The van der Waals surface area contributed by atoms with Crippen LogP contribution in [0.15, 0.2) is 21.5 Å². The van der Waals surface area contributed by atoms with Gasteiger partial charge in [-0.25, -0.2) is 13.6 Å². The minimum absolute atomic E-state index is 0.137. The van der Waals surface area contributed by atoms with E-state index in [1.165, 1.54) is 12.1 Å². The van der Waals surface area contributed by atoms with Crippen LogP contribution in [0.5, 0.6) is 0 Å². The monoisotopic (exact) mass is 394 g/mol. The molecule has 1 fully saturated rings. The SMILES string of the molecule is CCC1CCCN1C(=O)c1cc(S(N)(=O)=O)c(Br)cc1Cl. The summed E-state index contributed by atoms with van der Waals surface area (Å²) in [6, 6.07) is 2.82. The third kappa shape index (κ3) is 3.41. The number of benzene rings is 1. The smallest absolute Gasteiger partial charge is 0.255 e. The zero-order valence-corrected chi connectivity index (χ0v) is 14.6. The molecule has 0 radical (unpaired) electrons. The van der Waals surface area contributed by atoms with Crippen LogP contribution in [0.2, 0.25) is 5.02 Å². The molecular weight excluding hydrogens is 380 g/mol. The molecule has 1 amide bonds. The molecule has 0 spiro atoms. The summed E-state index contributed by atoms with van der Waals surface area (Å²) in [6.07, 6.45) is 2.76. The van der Waals surface area contributed by atoms with Crippen LogP contribution >= 0.6 is 27.5 Å². The Kier molecular flexibility index (Phi) is 4.97. The third-order valence-electron chi connectivity index (χ3n) is 3.67. The molecule has 5 nitrogen and oxygen atoms in total. The van der Waals surface area contributed by atoms with Gasteiger partial charge in [-0.15, -0.1) is 0 Å². The molecule has 1 heterocycles. The lowest BCUT2D eigenvalue weighted by Crippen LogP contribution is -2.35. The van der Waals surface area contributed by atoms with Crippen molar-refractivity contribution in [1.29, 1.82) is 0 Å². The number of likely N-dealkylation sites (tertiary alicyclic amines) is 1. The first-order valence-corrected chi connectivity index (χ1v) is 9.30. The minimum Gasteiger partial charge on any atom is -0.336 e. The van der Waals surface area contributed by atoms with Gasteiger partial charge in [-0.05, 0) is 47.3 Å². The van der Waals surface area contributed by atoms with Crippen molar-refractivity contribution in [3.63, 3.8) is 0 Å². The van der Waals surface area contributed by atoms with Gasteiger partial charge in [0.25, 0.3) is 5.91 Å². The lowest BCUT2D eigenvalue weighted by Gasteiger charge is -2.24. The highest BCUT2D eigenvalue weighted by atomic mass is 79.9. The first kappa shape index (κ1) is 16.7. The number of nitrogens with zero attached hydrogens (tertiary/aromatic N) is 1. The molecule has 0 aliphatic carbocycles. The van der Waals surface area contributed by atoms with E-state index in [-0.39, 0.29) is 31.9 Å². The van der Waals surface area contributed by atoms with Gasteiger partial charge in [0.2, 0.25) is 10.0 Å². The van der Waals surface area contributed by atoms with E-state index in [4.69, 9.17) is 16.7 Å². The summed E-state index contributed by atoms with van der Waals surface area (Å²) in [5, 5.41) is 5.37. The Labute approximate surface area is 137 Å². The van der Waals surface area contributed by atoms with Gasteiger partial charge >= 0.3 is 0 Å². The number of hydrogen-bond acceptors (Lipinski definition) is 3. The normalized spacial score (nSPS) is 19.0. The van der Waals surface area contributed by atoms with Crippen molar-refractivity contribution in [3.05, 3.63) is 27.2 Å². The number of amides is 1. The van der Waals surface area contributed by atoms with Crippen LogP contribution in [0.1, 0.15) is 36.5 Å². The van der Waals surface area contributed by atoms with Crippen molar-refractivity contribution in [1.82, 2.24) is 4.90 Å². The highest BCUT2D eigenvalue weighted by molar-refractivity contribution is 9.10. The zero-order valence-electron chi connectivity index (χ0n) is 11.5. The van der Waals surface area contributed by atoms with Gasteiger partial charge in [-0.3, -0.25) is 4.79 Å². The maximum Gasteiger partial charge on any atom is 0.255 e. The molecule has 0 saturated carbocycles. The standard InChI is InChI=1S/C13H16BrClN2O3S/c1-2-8-4-3-5-17(8)13(18)9-6-12(21(16,19)20)10(14)7-11(9)15/h6-8H,2-5H2,1H3,(H2,16,19,20). The topological polar surface area (TPSA) is 80.5 Å². The summed E-state index contributed by atoms with van der Waals surface area (Å²) in [5.41, 5.74) is 0.171. The zero-order chi connectivity index (χ0) is 15.8. The Balaban J connectivity index is 2.46. The maximum atomic E-state index is 12.6. The molecule has 1 aromatic carbocycles. The van der Waals surface area contributed by atoms with Crippen LogP contribution in [0.3, 0.4) is 0 Å². The molecule has 1 aliphatic heterocycles. The number of carbonyl (C=O) groups excluding carboxylic acids is 1. The van der Waals surface area contributed by atoms with E-state index in [0.29, 0.717) is 6.54 Å². The molecule has 2 rings (SSSR count). The summed E-state index contributed by atoms with van der Waals surface area (Å²) >= 11 is 9.21. The molecule has 8 heteroatoms. The molecule has 0 aromatic heterocycles. The fraction of sp³-hybridized carbons (Fsp3) is 0.462. The molecule has 116 valence electrons. The second-order valence-electron chi connectivity index (χ2n) is 5.01. The van der Waals surface area contributed by atoms with Crippen molar-refractivity contribution in [3.8, 4) is 0 Å². The van der Waals surface area contributed by atoms with E-state index in [9.17, 15) is 13.2 Å². The van der Waals surface area contributed by atoms with Crippen molar-refractivity contribution in [2.24, 2.45) is 5.14 Å². The van der Waals surface area contributed by atoms with Gasteiger partial charge in [0.05, 0.1) is 15.5 Å². The first-order chi connectivity index (χ1) is 9.75. The summed E-state index contributed by atoms with van der Waals surface area (Å²) in [4.78, 5) is 14.2. The van der Waals surface area contributed by atoms with Crippen molar-refractivity contribution < 1.29 is 13.2 Å². The van der Waals surface area contributed by atoms with Crippen LogP contribution < -0.4 is 5.14 Å². The van der Waals surface area contributed by atoms with Gasteiger partial charge in [-0.1, -0.05) is 18.5 Å². The number of halogens is 2. The van der Waals surface area contributed by atoms with E-state index in [1.807, 2.05) is 6.92 Å². The summed E-state index contributed by atoms with van der Waals surface area (Å²) in [6.45, 7) is 2.68. The second-order valence-corrected chi connectivity index (χ2v) is 7.80. The number of carbonyl (C=O) groups is 1. The molecule has 1 aromatic rings. The van der Waals surface area contributed by atoms with Gasteiger partial charge < -0.3 is 4.90 Å².